The highest BCUT2D eigenvalue weighted by Gasteiger charge is 2.25. The number of imidazole rings is 1. The van der Waals surface area contributed by atoms with Crippen LogP contribution in [-0.2, 0) is 0 Å². The summed E-state index contributed by atoms with van der Waals surface area (Å²) in [6.07, 6.45) is 4.82. The van der Waals surface area contributed by atoms with Crippen molar-refractivity contribution in [2.24, 2.45) is 0 Å². The van der Waals surface area contributed by atoms with Crippen molar-refractivity contribution in [3.63, 3.8) is 0 Å². The SMILES string of the molecule is C=C(C)Nc1cc(Oc2cc(N3CCC(n4c(=O)[nH]c5ncccc54)CC3)ncn2)cc(C)c1N. The number of nitrogens with zero attached hydrogens (tertiary/aromatic N) is 5. The number of aryl methyl sites for hydroxylation is 1. The predicted molar refractivity (Wildman–Crippen MR) is 137 cm³/mol. The molecule has 1 aliphatic rings. The van der Waals surface area contributed by atoms with E-state index in [1.165, 1.54) is 6.33 Å². The zero-order valence-electron chi connectivity index (χ0n) is 19.8. The number of piperidine rings is 1. The van der Waals surface area contributed by atoms with Crippen LogP contribution in [-0.4, -0.2) is 37.6 Å². The molecule has 0 spiro atoms. The highest BCUT2D eigenvalue weighted by Crippen LogP contribution is 2.33. The Kier molecular flexibility index (Phi) is 5.86. The van der Waals surface area contributed by atoms with Gasteiger partial charge in [0.15, 0.2) is 5.65 Å². The van der Waals surface area contributed by atoms with E-state index in [4.69, 9.17) is 10.5 Å². The molecule has 1 saturated heterocycles. The van der Waals surface area contributed by atoms with Crippen molar-refractivity contribution in [3.8, 4) is 11.6 Å². The second kappa shape index (κ2) is 9.13. The van der Waals surface area contributed by atoms with E-state index in [1.54, 1.807) is 6.20 Å². The summed E-state index contributed by atoms with van der Waals surface area (Å²) < 4.78 is 7.88. The van der Waals surface area contributed by atoms with Gasteiger partial charge < -0.3 is 20.7 Å². The Bertz CT molecular complexity index is 1450. The number of allylic oxidation sites excluding steroid dienone is 1. The first kappa shape index (κ1) is 22.5. The van der Waals surface area contributed by atoms with Gasteiger partial charge in [0.2, 0.25) is 5.88 Å². The lowest BCUT2D eigenvalue weighted by molar-refractivity contribution is 0.394. The number of aromatic amines is 1. The maximum atomic E-state index is 12.5. The van der Waals surface area contributed by atoms with E-state index in [9.17, 15) is 4.79 Å². The molecule has 0 aliphatic carbocycles. The highest BCUT2D eigenvalue weighted by molar-refractivity contribution is 5.73. The lowest BCUT2D eigenvalue weighted by Gasteiger charge is -2.33. The topological polar surface area (TPSA) is 127 Å². The number of rotatable bonds is 6. The number of nitrogen functional groups attached to an aromatic ring is 1. The molecule has 180 valence electrons. The lowest BCUT2D eigenvalue weighted by atomic mass is 10.0. The Balaban J connectivity index is 1.31. The minimum Gasteiger partial charge on any atom is -0.439 e. The number of ether oxygens (including phenoxy) is 1. The van der Waals surface area contributed by atoms with Crippen LogP contribution in [0, 0.1) is 6.92 Å². The molecule has 4 aromatic rings. The number of H-pyrrole nitrogens is 1. The van der Waals surface area contributed by atoms with Gasteiger partial charge in [-0.3, -0.25) is 9.55 Å². The van der Waals surface area contributed by atoms with Gasteiger partial charge in [0, 0.05) is 43.2 Å². The number of nitrogens with one attached hydrogen (secondary N) is 2. The molecule has 5 rings (SSSR count). The molecule has 4 heterocycles. The Hall–Kier alpha value is -4.34. The van der Waals surface area contributed by atoms with Gasteiger partial charge >= 0.3 is 5.69 Å². The summed E-state index contributed by atoms with van der Waals surface area (Å²) in [6.45, 7) is 9.19. The average Bonchev–Trinajstić information content (AvgIpc) is 3.18. The smallest absolute Gasteiger partial charge is 0.327 e. The molecule has 10 nitrogen and oxygen atoms in total. The summed E-state index contributed by atoms with van der Waals surface area (Å²) in [4.78, 5) is 30.6. The molecule has 0 radical (unpaired) electrons. The molecule has 0 saturated carbocycles. The second-order valence-electron chi connectivity index (χ2n) is 8.81. The molecule has 10 heteroatoms. The van der Waals surface area contributed by atoms with E-state index >= 15 is 0 Å². The number of aromatic nitrogens is 5. The van der Waals surface area contributed by atoms with Crippen LogP contribution in [0.25, 0.3) is 11.2 Å². The molecule has 3 aromatic heterocycles. The quantitative estimate of drug-likeness (QED) is 0.360. The second-order valence-corrected chi connectivity index (χ2v) is 8.81. The number of benzene rings is 1. The zero-order chi connectivity index (χ0) is 24.5. The Morgan fingerprint density at radius 2 is 2.03 bits per heavy atom. The van der Waals surface area contributed by atoms with E-state index < -0.39 is 0 Å². The van der Waals surface area contributed by atoms with E-state index in [0.29, 0.717) is 23.0 Å². The molecule has 1 aliphatic heterocycles. The summed E-state index contributed by atoms with van der Waals surface area (Å²) in [5, 5.41) is 3.16. The van der Waals surface area contributed by atoms with E-state index in [-0.39, 0.29) is 11.7 Å². The van der Waals surface area contributed by atoms with Gasteiger partial charge in [0.1, 0.15) is 17.9 Å². The van der Waals surface area contributed by atoms with Crippen LogP contribution >= 0.6 is 0 Å². The maximum Gasteiger partial charge on any atom is 0.327 e. The van der Waals surface area contributed by atoms with Gasteiger partial charge in [-0.1, -0.05) is 6.58 Å². The number of hydrogen-bond acceptors (Lipinski definition) is 8. The molecular weight excluding hydrogens is 444 g/mol. The molecule has 0 amide bonds. The van der Waals surface area contributed by atoms with Crippen LogP contribution in [0.4, 0.5) is 17.2 Å². The first-order valence-corrected chi connectivity index (χ1v) is 11.5. The van der Waals surface area contributed by atoms with Crippen molar-refractivity contribution >= 4 is 28.4 Å². The van der Waals surface area contributed by atoms with E-state index in [0.717, 1.165) is 54.2 Å². The molecule has 0 atom stereocenters. The van der Waals surface area contributed by atoms with E-state index in [2.05, 4.69) is 36.7 Å². The van der Waals surface area contributed by atoms with Gasteiger partial charge in [-0.05, 0) is 50.5 Å². The Morgan fingerprint density at radius 3 is 2.80 bits per heavy atom. The fraction of sp³-hybridized carbons (Fsp3) is 0.280. The largest absolute Gasteiger partial charge is 0.439 e. The third kappa shape index (κ3) is 4.54. The molecular formula is C25H28N8O2. The monoisotopic (exact) mass is 472 g/mol. The van der Waals surface area contributed by atoms with Crippen LogP contribution < -0.4 is 26.4 Å². The minimum atomic E-state index is -0.117. The summed E-state index contributed by atoms with van der Waals surface area (Å²) in [7, 11) is 0. The first-order chi connectivity index (χ1) is 16.9. The number of pyridine rings is 1. The van der Waals surface area contributed by atoms with Gasteiger partial charge in [-0.15, -0.1) is 0 Å². The third-order valence-electron chi connectivity index (χ3n) is 6.20. The highest BCUT2D eigenvalue weighted by atomic mass is 16.5. The van der Waals surface area contributed by atoms with Gasteiger partial charge in [0.05, 0.1) is 16.9 Å². The van der Waals surface area contributed by atoms with Gasteiger partial charge in [-0.25, -0.2) is 19.7 Å². The van der Waals surface area contributed by atoms with Crippen molar-refractivity contribution in [2.75, 3.05) is 29.0 Å². The lowest BCUT2D eigenvalue weighted by Crippen LogP contribution is -2.37. The molecule has 1 aromatic carbocycles. The standard InChI is InChI=1S/C25H28N8O2/c1-15(2)30-19-12-18(11-16(3)23(19)26)35-22-13-21(28-14-29-22)32-9-6-17(7-10-32)33-20-5-4-8-27-24(20)31-25(33)34/h4-5,8,11-14,17,30H,1,6-7,9-10,26H2,2-3H3,(H,27,31,34). The molecule has 0 unspecified atom stereocenters. The number of nitrogens with two attached hydrogens (primary N) is 1. The molecule has 35 heavy (non-hydrogen) atoms. The zero-order valence-corrected chi connectivity index (χ0v) is 19.8. The maximum absolute atomic E-state index is 12.5. The molecule has 4 N–H and O–H groups in total. The van der Waals surface area contributed by atoms with Crippen LogP contribution in [0.3, 0.4) is 0 Å². The fourth-order valence-corrected chi connectivity index (χ4v) is 4.51. The van der Waals surface area contributed by atoms with Gasteiger partial charge in [-0.2, -0.15) is 0 Å². The fourth-order valence-electron chi connectivity index (χ4n) is 4.51. The summed E-state index contributed by atoms with van der Waals surface area (Å²) >= 11 is 0. The van der Waals surface area contributed by atoms with Crippen LogP contribution in [0.15, 0.2) is 59.9 Å². The van der Waals surface area contributed by atoms with Crippen molar-refractivity contribution in [3.05, 3.63) is 71.2 Å². The Morgan fingerprint density at radius 1 is 1.23 bits per heavy atom. The summed E-state index contributed by atoms with van der Waals surface area (Å²) in [5.41, 5.74) is 10.6. The third-order valence-corrected chi connectivity index (χ3v) is 6.20. The number of hydrogen-bond donors (Lipinski definition) is 3. The summed E-state index contributed by atoms with van der Waals surface area (Å²) in [6, 6.07) is 9.42. The minimum absolute atomic E-state index is 0.103. The van der Waals surface area contributed by atoms with Crippen LogP contribution in [0.1, 0.15) is 31.4 Å². The van der Waals surface area contributed by atoms with Crippen molar-refractivity contribution in [1.82, 2.24) is 24.5 Å². The predicted octanol–water partition coefficient (Wildman–Crippen LogP) is 3.98. The van der Waals surface area contributed by atoms with Crippen molar-refractivity contribution in [2.45, 2.75) is 32.7 Å². The number of fused-ring (bicyclic) bond motifs is 1. The van der Waals surface area contributed by atoms with Crippen molar-refractivity contribution in [1.29, 1.82) is 0 Å². The van der Waals surface area contributed by atoms with Crippen LogP contribution in [0.5, 0.6) is 11.6 Å². The van der Waals surface area contributed by atoms with E-state index in [1.807, 2.05) is 48.7 Å². The summed E-state index contributed by atoms with van der Waals surface area (Å²) in [5.74, 6) is 1.85. The van der Waals surface area contributed by atoms with Crippen LogP contribution in [0.2, 0.25) is 0 Å². The molecule has 1 fully saturated rings. The molecule has 0 bridgehead atoms. The van der Waals surface area contributed by atoms with Gasteiger partial charge in [0.25, 0.3) is 0 Å². The first-order valence-electron chi connectivity index (χ1n) is 11.5. The normalized spacial score (nSPS) is 14.3. The van der Waals surface area contributed by atoms with Crippen molar-refractivity contribution < 1.29 is 4.74 Å². The Labute approximate surface area is 202 Å². The number of anilines is 3. The average molecular weight is 473 g/mol.